The number of ether oxygens (including phenoxy) is 1. The minimum Gasteiger partial charge on any atom is -0.389 e. The molecular formula is C10H18N2O2S. The molecule has 1 unspecified atom stereocenters. The van der Waals surface area contributed by atoms with Gasteiger partial charge in [0.1, 0.15) is 0 Å². The van der Waals surface area contributed by atoms with Gasteiger partial charge >= 0.3 is 0 Å². The Labute approximate surface area is 94.5 Å². The van der Waals surface area contributed by atoms with E-state index in [1.165, 1.54) is 0 Å². The maximum Gasteiger partial charge on any atom is 0.0900 e. The van der Waals surface area contributed by atoms with Crippen LogP contribution in [0.1, 0.15) is 12.6 Å². The number of nitrogens with zero attached hydrogens (tertiary/aromatic N) is 2. The van der Waals surface area contributed by atoms with Gasteiger partial charge in [-0.1, -0.05) is 0 Å². The summed E-state index contributed by atoms with van der Waals surface area (Å²) in [4.78, 5) is 6.23. The molecule has 1 N–H and O–H groups in total. The lowest BCUT2D eigenvalue weighted by Gasteiger charge is -2.19. The Morgan fingerprint density at radius 3 is 3.07 bits per heavy atom. The first-order valence-corrected chi connectivity index (χ1v) is 5.98. The van der Waals surface area contributed by atoms with Crippen LogP contribution in [0, 0.1) is 0 Å². The third-order valence-electron chi connectivity index (χ3n) is 1.95. The summed E-state index contributed by atoms with van der Waals surface area (Å²) < 4.78 is 5.14. The fourth-order valence-corrected chi connectivity index (χ4v) is 1.87. The Morgan fingerprint density at radius 2 is 2.47 bits per heavy atom. The van der Waals surface area contributed by atoms with Crippen molar-refractivity contribution in [3.8, 4) is 0 Å². The van der Waals surface area contributed by atoms with Crippen molar-refractivity contribution in [1.82, 2.24) is 9.88 Å². The van der Waals surface area contributed by atoms with Crippen molar-refractivity contribution >= 4 is 11.3 Å². The van der Waals surface area contributed by atoms with Crippen LogP contribution in [-0.2, 0) is 11.3 Å². The Hall–Kier alpha value is -0.490. The molecule has 15 heavy (non-hydrogen) atoms. The second-order valence-corrected chi connectivity index (χ2v) is 4.21. The second kappa shape index (κ2) is 6.90. The summed E-state index contributed by atoms with van der Waals surface area (Å²) in [7, 11) is 1.97. The molecule has 0 radical (unpaired) electrons. The molecule has 0 aliphatic carbocycles. The van der Waals surface area contributed by atoms with Crippen molar-refractivity contribution in [3.63, 3.8) is 0 Å². The first-order chi connectivity index (χ1) is 7.22. The van der Waals surface area contributed by atoms with Crippen molar-refractivity contribution in [2.24, 2.45) is 0 Å². The van der Waals surface area contributed by atoms with Gasteiger partial charge < -0.3 is 9.84 Å². The molecule has 0 aliphatic heterocycles. The molecule has 0 aliphatic rings. The average molecular weight is 230 g/mol. The largest absolute Gasteiger partial charge is 0.389 e. The van der Waals surface area contributed by atoms with Gasteiger partial charge in [-0.3, -0.25) is 4.90 Å². The third kappa shape index (κ3) is 5.22. The molecule has 86 valence electrons. The van der Waals surface area contributed by atoms with Gasteiger partial charge in [0, 0.05) is 25.1 Å². The summed E-state index contributed by atoms with van der Waals surface area (Å²) in [6, 6.07) is 0. The molecule has 1 atom stereocenters. The van der Waals surface area contributed by atoms with Gasteiger partial charge in [-0.25, -0.2) is 4.98 Å². The van der Waals surface area contributed by atoms with E-state index in [4.69, 9.17) is 4.74 Å². The van der Waals surface area contributed by atoms with Gasteiger partial charge in [0.25, 0.3) is 0 Å². The SMILES string of the molecule is CCOCC(O)CN(C)Cc1cscn1. The zero-order valence-corrected chi connectivity index (χ0v) is 10.0. The van der Waals surface area contributed by atoms with Crippen LogP contribution in [0.2, 0.25) is 0 Å². The summed E-state index contributed by atoms with van der Waals surface area (Å²) in [6.45, 7) is 4.35. The van der Waals surface area contributed by atoms with Crippen LogP contribution in [0.25, 0.3) is 0 Å². The van der Waals surface area contributed by atoms with Crippen LogP contribution in [0.5, 0.6) is 0 Å². The maximum absolute atomic E-state index is 9.59. The lowest BCUT2D eigenvalue weighted by molar-refractivity contribution is 0.0243. The van der Waals surface area contributed by atoms with E-state index in [0.29, 0.717) is 19.8 Å². The highest BCUT2D eigenvalue weighted by Crippen LogP contribution is 2.04. The molecule has 0 saturated heterocycles. The Balaban J connectivity index is 2.20. The number of aromatic nitrogens is 1. The number of thiazole rings is 1. The predicted molar refractivity (Wildman–Crippen MR) is 60.9 cm³/mol. The van der Waals surface area contributed by atoms with Crippen molar-refractivity contribution in [1.29, 1.82) is 0 Å². The number of aliphatic hydroxyl groups excluding tert-OH is 1. The fraction of sp³-hybridized carbons (Fsp3) is 0.700. The molecule has 0 spiro atoms. The minimum absolute atomic E-state index is 0.401. The van der Waals surface area contributed by atoms with Gasteiger partial charge in [-0.15, -0.1) is 11.3 Å². The van der Waals surface area contributed by atoms with Crippen molar-refractivity contribution in [3.05, 3.63) is 16.6 Å². The molecule has 1 rings (SSSR count). The third-order valence-corrected chi connectivity index (χ3v) is 2.59. The smallest absolute Gasteiger partial charge is 0.0900 e. The van der Waals surface area contributed by atoms with Crippen molar-refractivity contribution in [2.75, 3.05) is 26.8 Å². The van der Waals surface area contributed by atoms with E-state index in [-0.39, 0.29) is 0 Å². The standard InChI is InChI=1S/C10H18N2O2S/c1-3-14-6-10(13)5-12(2)4-9-7-15-8-11-9/h7-8,10,13H,3-6H2,1-2H3. The first-order valence-electron chi connectivity index (χ1n) is 5.03. The molecule has 0 aromatic carbocycles. The lowest BCUT2D eigenvalue weighted by atomic mass is 10.3. The molecule has 1 aromatic heterocycles. The van der Waals surface area contributed by atoms with Crippen LogP contribution in [0.15, 0.2) is 10.9 Å². The number of hydrogen-bond acceptors (Lipinski definition) is 5. The van der Waals surface area contributed by atoms with E-state index >= 15 is 0 Å². The zero-order chi connectivity index (χ0) is 11.1. The molecule has 0 fully saturated rings. The molecule has 0 amide bonds. The highest BCUT2D eigenvalue weighted by Gasteiger charge is 2.09. The predicted octanol–water partition coefficient (Wildman–Crippen LogP) is 0.972. The van der Waals surface area contributed by atoms with Crippen molar-refractivity contribution < 1.29 is 9.84 Å². The molecular weight excluding hydrogens is 212 g/mol. The first kappa shape index (κ1) is 12.6. The van der Waals surface area contributed by atoms with Gasteiger partial charge in [0.05, 0.1) is 23.9 Å². The van der Waals surface area contributed by atoms with E-state index in [9.17, 15) is 5.11 Å². The molecule has 4 nitrogen and oxygen atoms in total. The van der Waals surface area contributed by atoms with Crippen LogP contribution in [0.3, 0.4) is 0 Å². The number of likely N-dealkylation sites (N-methyl/N-ethyl adjacent to an activating group) is 1. The molecule has 1 aromatic rings. The van der Waals surface area contributed by atoms with E-state index in [0.717, 1.165) is 12.2 Å². The van der Waals surface area contributed by atoms with Crippen LogP contribution in [-0.4, -0.2) is 47.9 Å². The van der Waals surface area contributed by atoms with Crippen molar-refractivity contribution in [2.45, 2.75) is 19.6 Å². The van der Waals surface area contributed by atoms with E-state index < -0.39 is 6.10 Å². The summed E-state index contributed by atoms with van der Waals surface area (Å²) in [5, 5.41) is 11.6. The normalized spacial score (nSPS) is 13.3. The highest BCUT2D eigenvalue weighted by atomic mass is 32.1. The Bertz CT molecular complexity index is 254. The number of aliphatic hydroxyl groups is 1. The van der Waals surface area contributed by atoms with Crippen LogP contribution >= 0.6 is 11.3 Å². The number of hydrogen-bond donors (Lipinski definition) is 1. The van der Waals surface area contributed by atoms with Crippen LogP contribution < -0.4 is 0 Å². The van der Waals surface area contributed by atoms with Gasteiger partial charge in [-0.05, 0) is 14.0 Å². The molecule has 0 saturated carbocycles. The summed E-state index contributed by atoms with van der Waals surface area (Å²) in [5.41, 5.74) is 2.87. The second-order valence-electron chi connectivity index (χ2n) is 3.49. The topological polar surface area (TPSA) is 45.6 Å². The van der Waals surface area contributed by atoms with Gasteiger partial charge in [-0.2, -0.15) is 0 Å². The van der Waals surface area contributed by atoms with E-state index in [1.54, 1.807) is 11.3 Å². The zero-order valence-electron chi connectivity index (χ0n) is 9.22. The van der Waals surface area contributed by atoms with E-state index in [2.05, 4.69) is 4.98 Å². The molecule has 0 bridgehead atoms. The summed E-state index contributed by atoms with van der Waals surface area (Å²) >= 11 is 1.59. The lowest BCUT2D eigenvalue weighted by Crippen LogP contribution is -2.31. The fourth-order valence-electron chi connectivity index (χ4n) is 1.32. The summed E-state index contributed by atoms with van der Waals surface area (Å²) in [6.07, 6.45) is -0.423. The van der Waals surface area contributed by atoms with Gasteiger partial charge in [0.2, 0.25) is 0 Å². The van der Waals surface area contributed by atoms with Gasteiger partial charge in [0.15, 0.2) is 0 Å². The maximum atomic E-state index is 9.59. The van der Waals surface area contributed by atoms with Crippen LogP contribution in [0.4, 0.5) is 0 Å². The van der Waals surface area contributed by atoms with E-state index in [1.807, 2.05) is 29.8 Å². The monoisotopic (exact) mass is 230 g/mol. The quantitative estimate of drug-likeness (QED) is 0.758. The highest BCUT2D eigenvalue weighted by molar-refractivity contribution is 7.07. The average Bonchev–Trinajstić information content (AvgIpc) is 2.67. The molecule has 1 heterocycles. The minimum atomic E-state index is -0.423. The molecule has 5 heteroatoms. The Kier molecular flexibility index (Phi) is 5.78. The summed E-state index contributed by atoms with van der Waals surface area (Å²) in [5.74, 6) is 0. The number of rotatable bonds is 7. The Morgan fingerprint density at radius 1 is 1.67 bits per heavy atom.